The fraction of sp³-hybridized carbons (Fsp3) is 1.00. The molecule has 90 valence electrons. The summed E-state index contributed by atoms with van der Waals surface area (Å²) >= 11 is 0. The Hall–Kier alpha value is -0.160. The molecule has 1 N–H and O–H groups in total. The fourth-order valence-corrected chi connectivity index (χ4v) is 1.85. The predicted octanol–water partition coefficient (Wildman–Crippen LogP) is 0.496. The van der Waals surface area contributed by atoms with Crippen molar-refractivity contribution in [1.82, 2.24) is 4.90 Å². The van der Waals surface area contributed by atoms with Crippen LogP contribution in [0.1, 0.15) is 19.3 Å². The molecule has 0 aromatic carbocycles. The van der Waals surface area contributed by atoms with Crippen LogP contribution in [0, 0.1) is 0 Å². The van der Waals surface area contributed by atoms with Gasteiger partial charge < -0.3 is 19.5 Å². The Morgan fingerprint density at radius 1 is 1.20 bits per heavy atom. The molecule has 0 saturated carbocycles. The Morgan fingerprint density at radius 3 is 2.60 bits per heavy atom. The van der Waals surface area contributed by atoms with Crippen LogP contribution in [0.3, 0.4) is 0 Å². The van der Waals surface area contributed by atoms with Crippen LogP contribution in [0.4, 0.5) is 0 Å². The van der Waals surface area contributed by atoms with Gasteiger partial charge in [-0.25, -0.2) is 0 Å². The van der Waals surface area contributed by atoms with Crippen LogP contribution < -0.4 is 0 Å². The number of aliphatic hydroxyl groups is 1. The van der Waals surface area contributed by atoms with E-state index in [-0.39, 0.29) is 6.10 Å². The average molecular weight is 217 g/mol. The molecule has 1 unspecified atom stereocenters. The largest absolute Gasteiger partial charge is 0.389 e. The van der Waals surface area contributed by atoms with Crippen molar-refractivity contribution in [2.24, 2.45) is 0 Å². The third-order valence-electron chi connectivity index (χ3n) is 2.66. The monoisotopic (exact) mass is 217 g/mol. The van der Waals surface area contributed by atoms with Crippen molar-refractivity contribution < 1.29 is 14.6 Å². The minimum atomic E-state index is -0.361. The van der Waals surface area contributed by atoms with Gasteiger partial charge in [0.05, 0.1) is 25.9 Å². The number of likely N-dealkylation sites (tertiary alicyclic amines) is 1. The minimum absolute atomic E-state index is 0.361. The molecule has 1 saturated heterocycles. The van der Waals surface area contributed by atoms with E-state index in [1.807, 2.05) is 0 Å². The first kappa shape index (κ1) is 12.9. The second kappa shape index (κ2) is 8.05. The molecule has 1 aliphatic rings. The first-order chi connectivity index (χ1) is 7.33. The minimum Gasteiger partial charge on any atom is -0.389 e. The summed E-state index contributed by atoms with van der Waals surface area (Å²) in [6.07, 6.45) is 3.49. The van der Waals surface area contributed by atoms with Crippen molar-refractivity contribution in [2.75, 3.05) is 46.6 Å². The lowest BCUT2D eigenvalue weighted by molar-refractivity contribution is -0.00261. The number of ether oxygens (including phenoxy) is 2. The second-order valence-corrected chi connectivity index (χ2v) is 4.08. The smallest absolute Gasteiger partial charge is 0.0900 e. The molecular weight excluding hydrogens is 194 g/mol. The summed E-state index contributed by atoms with van der Waals surface area (Å²) in [4.78, 5) is 2.31. The zero-order chi connectivity index (χ0) is 10.9. The molecule has 0 aromatic rings. The van der Waals surface area contributed by atoms with E-state index in [9.17, 15) is 5.11 Å². The van der Waals surface area contributed by atoms with Crippen molar-refractivity contribution in [3.05, 3.63) is 0 Å². The summed E-state index contributed by atoms with van der Waals surface area (Å²) in [6, 6.07) is 0. The van der Waals surface area contributed by atoms with Crippen LogP contribution in [-0.4, -0.2) is 62.7 Å². The molecule has 0 aromatic heterocycles. The van der Waals surface area contributed by atoms with E-state index in [1.165, 1.54) is 19.3 Å². The van der Waals surface area contributed by atoms with E-state index in [2.05, 4.69) is 4.90 Å². The Labute approximate surface area is 92.2 Å². The van der Waals surface area contributed by atoms with Crippen molar-refractivity contribution in [1.29, 1.82) is 0 Å². The Bertz CT molecular complexity index is 149. The quantitative estimate of drug-likeness (QED) is 0.630. The number of rotatable bonds is 7. The first-order valence-corrected chi connectivity index (χ1v) is 5.80. The third kappa shape index (κ3) is 6.10. The van der Waals surface area contributed by atoms with Crippen LogP contribution >= 0.6 is 0 Å². The summed E-state index contributed by atoms with van der Waals surface area (Å²) in [5, 5.41) is 9.69. The number of nitrogens with zero attached hydrogens (tertiary/aromatic N) is 1. The molecule has 1 heterocycles. The van der Waals surface area contributed by atoms with E-state index in [1.54, 1.807) is 7.11 Å². The lowest BCUT2D eigenvalue weighted by Crippen LogP contribution is -2.38. The lowest BCUT2D eigenvalue weighted by Gasteiger charge is -2.28. The maximum Gasteiger partial charge on any atom is 0.0900 e. The standard InChI is InChI=1S/C11H23NO3/c1-14-7-8-15-10-11(13)9-12-5-3-2-4-6-12/h11,13H,2-10H2,1H3. The molecular formula is C11H23NO3. The van der Waals surface area contributed by atoms with E-state index in [4.69, 9.17) is 9.47 Å². The number of hydrogen-bond acceptors (Lipinski definition) is 4. The second-order valence-electron chi connectivity index (χ2n) is 4.08. The maximum absolute atomic E-state index is 9.69. The zero-order valence-electron chi connectivity index (χ0n) is 9.65. The highest BCUT2D eigenvalue weighted by Crippen LogP contribution is 2.08. The Balaban J connectivity index is 1.98. The van der Waals surface area contributed by atoms with E-state index in [0.717, 1.165) is 19.6 Å². The summed E-state index contributed by atoms with van der Waals surface area (Å²) in [5.41, 5.74) is 0. The van der Waals surface area contributed by atoms with Crippen LogP contribution in [0.2, 0.25) is 0 Å². The van der Waals surface area contributed by atoms with Crippen molar-refractivity contribution >= 4 is 0 Å². The van der Waals surface area contributed by atoms with Gasteiger partial charge in [0, 0.05) is 13.7 Å². The molecule has 0 spiro atoms. The normalized spacial score (nSPS) is 20.4. The van der Waals surface area contributed by atoms with Gasteiger partial charge in [0.15, 0.2) is 0 Å². The number of methoxy groups -OCH3 is 1. The molecule has 0 bridgehead atoms. The molecule has 0 aliphatic carbocycles. The molecule has 4 nitrogen and oxygen atoms in total. The Morgan fingerprint density at radius 2 is 1.93 bits per heavy atom. The summed E-state index contributed by atoms with van der Waals surface area (Å²) in [7, 11) is 1.65. The summed E-state index contributed by atoms with van der Waals surface area (Å²) < 4.78 is 10.1. The molecule has 1 fully saturated rings. The van der Waals surface area contributed by atoms with Gasteiger partial charge in [-0.15, -0.1) is 0 Å². The Kier molecular flexibility index (Phi) is 6.92. The molecule has 15 heavy (non-hydrogen) atoms. The van der Waals surface area contributed by atoms with Crippen molar-refractivity contribution in [3.63, 3.8) is 0 Å². The van der Waals surface area contributed by atoms with Crippen LogP contribution in [0.25, 0.3) is 0 Å². The number of hydrogen-bond donors (Lipinski definition) is 1. The SMILES string of the molecule is COCCOCC(O)CN1CCCCC1. The van der Waals surface area contributed by atoms with Gasteiger partial charge in [0.25, 0.3) is 0 Å². The van der Waals surface area contributed by atoms with E-state index < -0.39 is 0 Å². The van der Waals surface area contributed by atoms with Gasteiger partial charge in [-0.2, -0.15) is 0 Å². The highest BCUT2D eigenvalue weighted by Gasteiger charge is 2.14. The highest BCUT2D eigenvalue weighted by atomic mass is 16.5. The zero-order valence-corrected chi connectivity index (χ0v) is 9.65. The van der Waals surface area contributed by atoms with Crippen LogP contribution in [-0.2, 0) is 9.47 Å². The molecule has 1 atom stereocenters. The van der Waals surface area contributed by atoms with Crippen molar-refractivity contribution in [2.45, 2.75) is 25.4 Å². The highest BCUT2D eigenvalue weighted by molar-refractivity contribution is 4.68. The van der Waals surface area contributed by atoms with Gasteiger partial charge in [0.1, 0.15) is 0 Å². The van der Waals surface area contributed by atoms with Crippen LogP contribution in [0.15, 0.2) is 0 Å². The van der Waals surface area contributed by atoms with Crippen molar-refractivity contribution in [3.8, 4) is 0 Å². The number of β-amino-alcohol motifs (C(OH)–C–C–N with tert-alkyl or cyclic N) is 1. The van der Waals surface area contributed by atoms with Gasteiger partial charge >= 0.3 is 0 Å². The van der Waals surface area contributed by atoms with Gasteiger partial charge in [0.2, 0.25) is 0 Å². The number of piperidine rings is 1. The topological polar surface area (TPSA) is 41.9 Å². The maximum atomic E-state index is 9.69. The summed E-state index contributed by atoms with van der Waals surface area (Å²) in [6.45, 7) is 4.56. The third-order valence-corrected chi connectivity index (χ3v) is 2.66. The molecule has 1 aliphatic heterocycles. The van der Waals surface area contributed by atoms with Crippen LogP contribution in [0.5, 0.6) is 0 Å². The molecule has 4 heteroatoms. The lowest BCUT2D eigenvalue weighted by atomic mass is 10.1. The van der Waals surface area contributed by atoms with Gasteiger partial charge in [-0.3, -0.25) is 0 Å². The predicted molar refractivity (Wildman–Crippen MR) is 59.0 cm³/mol. The number of aliphatic hydroxyl groups excluding tert-OH is 1. The van der Waals surface area contributed by atoms with E-state index in [0.29, 0.717) is 19.8 Å². The molecule has 0 amide bonds. The summed E-state index contributed by atoms with van der Waals surface area (Å²) in [5.74, 6) is 0. The molecule has 0 radical (unpaired) electrons. The van der Waals surface area contributed by atoms with E-state index >= 15 is 0 Å². The van der Waals surface area contributed by atoms with Gasteiger partial charge in [-0.1, -0.05) is 6.42 Å². The fourth-order valence-electron chi connectivity index (χ4n) is 1.85. The molecule has 1 rings (SSSR count). The van der Waals surface area contributed by atoms with Gasteiger partial charge in [-0.05, 0) is 25.9 Å². The first-order valence-electron chi connectivity index (χ1n) is 5.80. The average Bonchev–Trinajstić information content (AvgIpc) is 2.26.